The standard InChI is InChI=1S/C13H9ClF3NO4/c14-8-4-7-3-6(1-2-18)11(19)21-9(7)5-10(8)22-12(20)13(15,16)17/h3-5H,1-2,18H2. The van der Waals surface area contributed by atoms with Crippen LogP contribution in [0.15, 0.2) is 27.4 Å². The molecule has 0 amide bonds. The highest BCUT2D eigenvalue weighted by Gasteiger charge is 2.41. The van der Waals surface area contributed by atoms with E-state index in [4.69, 9.17) is 21.8 Å². The Morgan fingerprint density at radius 2 is 2.00 bits per heavy atom. The Morgan fingerprint density at radius 1 is 1.32 bits per heavy atom. The van der Waals surface area contributed by atoms with Crippen molar-refractivity contribution in [3.63, 3.8) is 0 Å². The molecule has 0 aliphatic heterocycles. The number of hydrogen-bond donors (Lipinski definition) is 1. The fourth-order valence-electron chi connectivity index (χ4n) is 1.73. The van der Waals surface area contributed by atoms with E-state index < -0.39 is 23.5 Å². The van der Waals surface area contributed by atoms with Crippen LogP contribution in [0.5, 0.6) is 5.75 Å². The third kappa shape index (κ3) is 3.40. The van der Waals surface area contributed by atoms with Crippen LogP contribution in [-0.2, 0) is 11.2 Å². The molecule has 2 N–H and O–H groups in total. The van der Waals surface area contributed by atoms with Gasteiger partial charge in [-0.1, -0.05) is 11.6 Å². The van der Waals surface area contributed by atoms with Crippen LogP contribution in [0.1, 0.15) is 5.56 Å². The van der Waals surface area contributed by atoms with Gasteiger partial charge in [-0.3, -0.25) is 0 Å². The second kappa shape index (κ2) is 5.98. The monoisotopic (exact) mass is 335 g/mol. The number of carbonyl (C=O) groups is 1. The molecule has 1 aromatic carbocycles. The average molecular weight is 336 g/mol. The molecule has 118 valence electrons. The van der Waals surface area contributed by atoms with Gasteiger partial charge in [0.25, 0.3) is 0 Å². The number of esters is 1. The van der Waals surface area contributed by atoms with E-state index in [-0.39, 0.29) is 23.6 Å². The van der Waals surface area contributed by atoms with Crippen molar-refractivity contribution < 1.29 is 27.1 Å². The molecule has 0 saturated carbocycles. The second-order valence-electron chi connectivity index (χ2n) is 4.31. The summed E-state index contributed by atoms with van der Waals surface area (Å²) in [5.41, 5.74) is 4.94. The summed E-state index contributed by atoms with van der Waals surface area (Å²) in [6.45, 7) is 0.227. The molecule has 2 aromatic rings. The Morgan fingerprint density at radius 3 is 2.59 bits per heavy atom. The molecule has 22 heavy (non-hydrogen) atoms. The highest BCUT2D eigenvalue weighted by Crippen LogP contribution is 2.31. The zero-order chi connectivity index (χ0) is 16.5. The number of ether oxygens (including phenoxy) is 1. The van der Waals surface area contributed by atoms with E-state index in [0.717, 1.165) is 6.07 Å². The maximum absolute atomic E-state index is 12.2. The van der Waals surface area contributed by atoms with E-state index in [9.17, 15) is 22.8 Å². The third-order valence-corrected chi connectivity index (χ3v) is 3.00. The maximum atomic E-state index is 12.2. The van der Waals surface area contributed by atoms with E-state index in [2.05, 4.69) is 4.74 Å². The fourth-order valence-corrected chi connectivity index (χ4v) is 1.94. The minimum Gasteiger partial charge on any atom is -0.422 e. The zero-order valence-electron chi connectivity index (χ0n) is 10.9. The third-order valence-electron chi connectivity index (χ3n) is 2.71. The minimum absolute atomic E-state index is 0.0554. The molecule has 0 aliphatic carbocycles. The normalized spacial score (nSPS) is 11.7. The molecule has 0 saturated heterocycles. The molecule has 2 rings (SSSR count). The topological polar surface area (TPSA) is 82.5 Å². The predicted octanol–water partition coefficient (Wildman–Crippen LogP) is 2.42. The van der Waals surface area contributed by atoms with Gasteiger partial charge in [-0.05, 0) is 25.1 Å². The summed E-state index contributed by atoms with van der Waals surface area (Å²) in [5, 5.41) is 0.150. The first-order valence-electron chi connectivity index (χ1n) is 5.97. The molecule has 5 nitrogen and oxygen atoms in total. The summed E-state index contributed by atoms with van der Waals surface area (Å²) in [5.74, 6) is -2.97. The first-order chi connectivity index (χ1) is 10.2. The van der Waals surface area contributed by atoms with Gasteiger partial charge in [-0.25, -0.2) is 9.59 Å². The smallest absolute Gasteiger partial charge is 0.422 e. The van der Waals surface area contributed by atoms with Crippen molar-refractivity contribution in [2.24, 2.45) is 5.73 Å². The van der Waals surface area contributed by atoms with Crippen molar-refractivity contribution in [2.75, 3.05) is 6.54 Å². The Labute approximate surface area is 126 Å². The lowest BCUT2D eigenvalue weighted by Crippen LogP contribution is -2.28. The summed E-state index contributed by atoms with van der Waals surface area (Å²) in [6.07, 6.45) is -4.88. The fraction of sp³-hybridized carbons (Fsp3) is 0.231. The number of halogens is 4. The second-order valence-corrected chi connectivity index (χ2v) is 4.71. The lowest BCUT2D eigenvalue weighted by molar-refractivity contribution is -0.189. The van der Waals surface area contributed by atoms with Crippen LogP contribution in [0.4, 0.5) is 13.2 Å². The van der Waals surface area contributed by atoms with Crippen LogP contribution >= 0.6 is 11.6 Å². The lowest BCUT2D eigenvalue weighted by atomic mass is 10.1. The molecule has 1 heterocycles. The van der Waals surface area contributed by atoms with E-state index in [1.54, 1.807) is 0 Å². The van der Waals surface area contributed by atoms with Crippen LogP contribution in [0.25, 0.3) is 11.0 Å². The maximum Gasteiger partial charge on any atom is 0.491 e. The number of benzene rings is 1. The van der Waals surface area contributed by atoms with Crippen LogP contribution in [0.2, 0.25) is 5.02 Å². The van der Waals surface area contributed by atoms with E-state index in [1.165, 1.54) is 12.1 Å². The van der Waals surface area contributed by atoms with Gasteiger partial charge in [0.1, 0.15) is 5.58 Å². The summed E-state index contributed by atoms with van der Waals surface area (Å²) in [6, 6.07) is 3.66. The Hall–Kier alpha value is -2.06. The van der Waals surface area contributed by atoms with E-state index >= 15 is 0 Å². The predicted molar refractivity (Wildman–Crippen MR) is 71.9 cm³/mol. The quantitative estimate of drug-likeness (QED) is 0.529. The van der Waals surface area contributed by atoms with Crippen LogP contribution in [0.3, 0.4) is 0 Å². The molecule has 0 unspecified atom stereocenters. The molecule has 0 fully saturated rings. The molecule has 0 spiro atoms. The first kappa shape index (κ1) is 16.3. The SMILES string of the molecule is NCCc1cc2cc(Cl)c(OC(=O)C(F)(F)F)cc2oc1=O. The largest absolute Gasteiger partial charge is 0.491 e. The zero-order valence-corrected chi connectivity index (χ0v) is 11.6. The van der Waals surface area contributed by atoms with Gasteiger partial charge in [0.15, 0.2) is 5.75 Å². The number of alkyl halides is 3. The molecule has 1 aromatic heterocycles. The molecule has 0 radical (unpaired) electrons. The van der Waals surface area contributed by atoms with Crippen molar-refractivity contribution in [2.45, 2.75) is 12.6 Å². The summed E-state index contributed by atoms with van der Waals surface area (Å²) in [7, 11) is 0. The van der Waals surface area contributed by atoms with E-state index in [1.807, 2.05) is 0 Å². The molecular formula is C13H9ClF3NO4. The Balaban J connectivity index is 2.47. The number of rotatable bonds is 3. The summed E-state index contributed by atoms with van der Waals surface area (Å²) < 4.78 is 45.7. The van der Waals surface area contributed by atoms with Gasteiger partial charge in [-0.15, -0.1) is 0 Å². The first-order valence-corrected chi connectivity index (χ1v) is 6.35. The lowest BCUT2D eigenvalue weighted by Gasteiger charge is -2.09. The number of nitrogens with two attached hydrogens (primary N) is 1. The highest BCUT2D eigenvalue weighted by atomic mass is 35.5. The van der Waals surface area contributed by atoms with Crippen LogP contribution in [-0.4, -0.2) is 18.7 Å². The van der Waals surface area contributed by atoms with Crippen LogP contribution < -0.4 is 16.1 Å². The minimum atomic E-state index is -5.16. The molecule has 0 bridgehead atoms. The number of carbonyl (C=O) groups excluding carboxylic acids is 1. The number of hydrogen-bond acceptors (Lipinski definition) is 5. The molecular weight excluding hydrogens is 327 g/mol. The van der Waals surface area contributed by atoms with Crippen LogP contribution in [0, 0.1) is 0 Å². The average Bonchev–Trinajstić information content (AvgIpc) is 2.40. The van der Waals surface area contributed by atoms with Crippen molar-refractivity contribution in [1.29, 1.82) is 0 Å². The van der Waals surface area contributed by atoms with Gasteiger partial charge in [0, 0.05) is 17.0 Å². The summed E-state index contributed by atoms with van der Waals surface area (Å²) >= 11 is 5.78. The van der Waals surface area contributed by atoms with Gasteiger partial charge in [0.2, 0.25) is 0 Å². The van der Waals surface area contributed by atoms with Gasteiger partial charge in [-0.2, -0.15) is 13.2 Å². The van der Waals surface area contributed by atoms with Crippen molar-refractivity contribution in [3.8, 4) is 5.75 Å². The van der Waals surface area contributed by atoms with Gasteiger partial charge in [0.05, 0.1) is 5.02 Å². The highest BCUT2D eigenvalue weighted by molar-refractivity contribution is 6.33. The molecule has 0 atom stereocenters. The Kier molecular flexibility index (Phi) is 4.43. The molecule has 9 heteroatoms. The van der Waals surface area contributed by atoms with Crippen molar-refractivity contribution in [3.05, 3.63) is 39.2 Å². The Bertz CT molecular complexity index is 785. The number of fused-ring (bicyclic) bond motifs is 1. The van der Waals surface area contributed by atoms with Crippen molar-refractivity contribution >= 4 is 28.5 Å². The van der Waals surface area contributed by atoms with Crippen molar-refractivity contribution in [1.82, 2.24) is 0 Å². The van der Waals surface area contributed by atoms with E-state index in [0.29, 0.717) is 10.9 Å². The van der Waals surface area contributed by atoms with Gasteiger partial charge >= 0.3 is 17.8 Å². The van der Waals surface area contributed by atoms with Gasteiger partial charge < -0.3 is 14.9 Å². The molecule has 0 aliphatic rings. The summed E-state index contributed by atoms with van der Waals surface area (Å²) in [4.78, 5) is 22.5.